The van der Waals surface area contributed by atoms with E-state index in [-0.39, 0.29) is 17.4 Å². The average molecular weight is 424 g/mol. The Balaban J connectivity index is 1.58. The Kier molecular flexibility index (Phi) is 4.69. The molecule has 4 rings (SSSR count). The van der Waals surface area contributed by atoms with Crippen molar-refractivity contribution in [1.82, 2.24) is 4.90 Å². The molecule has 1 atom stereocenters. The molecule has 0 spiro atoms. The van der Waals surface area contributed by atoms with Crippen molar-refractivity contribution in [2.24, 2.45) is 0 Å². The van der Waals surface area contributed by atoms with Crippen molar-refractivity contribution in [2.75, 3.05) is 11.5 Å². The molecule has 2 aliphatic rings. The summed E-state index contributed by atoms with van der Waals surface area (Å²) < 4.78 is 43.3. The zero-order chi connectivity index (χ0) is 19.2. The van der Waals surface area contributed by atoms with Crippen LogP contribution in [0.1, 0.15) is 12.2 Å². The Bertz CT molecular complexity index is 1070. The van der Waals surface area contributed by atoms with Crippen LogP contribution in [-0.4, -0.2) is 41.1 Å². The molecule has 9 heteroatoms. The lowest BCUT2D eigenvalue weighted by molar-refractivity contribution is -0.123. The molecule has 5 nitrogen and oxygen atoms in total. The smallest absolute Gasteiger partial charge is 0.266 e. The predicted molar refractivity (Wildman–Crippen MR) is 106 cm³/mol. The van der Waals surface area contributed by atoms with Gasteiger partial charge in [-0.1, -0.05) is 36.1 Å². The number of thioether (sulfide) groups is 1. The topological polar surface area (TPSA) is 67.6 Å². The summed E-state index contributed by atoms with van der Waals surface area (Å²) in [6.45, 7) is 0. The molecule has 1 aromatic carbocycles. The quantitative estimate of drug-likeness (QED) is 0.556. The first-order valence-electron chi connectivity index (χ1n) is 8.16. The zero-order valence-electron chi connectivity index (χ0n) is 13.9. The van der Waals surface area contributed by atoms with Gasteiger partial charge in [-0.3, -0.25) is 9.69 Å². The number of carbonyl (C=O) groups is 1. The summed E-state index contributed by atoms with van der Waals surface area (Å²) in [6, 6.07) is 9.12. The van der Waals surface area contributed by atoms with Crippen molar-refractivity contribution in [2.45, 2.75) is 12.5 Å². The lowest BCUT2D eigenvalue weighted by Gasteiger charge is -2.20. The molecule has 0 aliphatic carbocycles. The number of nitrogens with zero attached hydrogens (tertiary/aromatic N) is 1. The number of sulfone groups is 1. The van der Waals surface area contributed by atoms with E-state index in [1.165, 1.54) is 11.0 Å². The van der Waals surface area contributed by atoms with Gasteiger partial charge in [0.2, 0.25) is 0 Å². The van der Waals surface area contributed by atoms with Crippen LogP contribution in [0, 0.1) is 5.82 Å². The highest BCUT2D eigenvalue weighted by Gasteiger charge is 2.42. The van der Waals surface area contributed by atoms with Crippen molar-refractivity contribution in [3.63, 3.8) is 0 Å². The summed E-state index contributed by atoms with van der Waals surface area (Å²) in [5.41, 5.74) is 0.334. The van der Waals surface area contributed by atoms with E-state index in [0.717, 1.165) is 11.8 Å². The molecule has 140 valence electrons. The molecule has 1 unspecified atom stereocenters. The van der Waals surface area contributed by atoms with Crippen molar-refractivity contribution in [1.29, 1.82) is 0 Å². The van der Waals surface area contributed by atoms with Crippen molar-refractivity contribution in [3.05, 3.63) is 52.9 Å². The first-order chi connectivity index (χ1) is 12.8. The minimum absolute atomic E-state index is 0.0646. The van der Waals surface area contributed by atoms with Crippen LogP contribution in [0.25, 0.3) is 17.4 Å². The van der Waals surface area contributed by atoms with E-state index >= 15 is 0 Å². The summed E-state index contributed by atoms with van der Waals surface area (Å²) in [5.74, 6) is 0.0377. The zero-order valence-corrected chi connectivity index (χ0v) is 16.4. The maximum Gasteiger partial charge on any atom is 0.266 e. The summed E-state index contributed by atoms with van der Waals surface area (Å²) in [4.78, 5) is 14.4. The van der Waals surface area contributed by atoms with E-state index in [1.807, 2.05) is 0 Å². The molecule has 2 fully saturated rings. The SMILES string of the molecule is O=C1C(=Cc2ccc(-c3ccccc3F)o2)SC(=S)N1C1CCS(=O)(=O)C1. The summed E-state index contributed by atoms with van der Waals surface area (Å²) >= 11 is 6.39. The molecule has 1 amide bonds. The summed E-state index contributed by atoms with van der Waals surface area (Å²) in [7, 11) is -3.12. The van der Waals surface area contributed by atoms with Gasteiger partial charge in [-0.05, 0) is 30.7 Å². The maximum atomic E-state index is 13.9. The van der Waals surface area contributed by atoms with Gasteiger partial charge in [0.15, 0.2) is 9.84 Å². The molecule has 3 heterocycles. The maximum absolute atomic E-state index is 13.9. The number of halogens is 1. The second kappa shape index (κ2) is 6.88. The Morgan fingerprint density at radius 1 is 1.26 bits per heavy atom. The Morgan fingerprint density at radius 3 is 2.74 bits per heavy atom. The third-order valence-corrected chi connectivity index (χ3v) is 7.52. The number of amides is 1. The number of hydrogen-bond donors (Lipinski definition) is 0. The van der Waals surface area contributed by atoms with Gasteiger partial charge in [0, 0.05) is 6.08 Å². The second-order valence-electron chi connectivity index (χ2n) is 6.29. The molecule has 2 aromatic rings. The van der Waals surface area contributed by atoms with Gasteiger partial charge in [-0.25, -0.2) is 12.8 Å². The molecule has 2 aliphatic heterocycles. The lowest BCUT2D eigenvalue weighted by Crippen LogP contribution is -2.39. The first kappa shape index (κ1) is 18.4. The van der Waals surface area contributed by atoms with Crippen LogP contribution in [0.2, 0.25) is 0 Å². The monoisotopic (exact) mass is 423 g/mol. The molecule has 0 bridgehead atoms. The summed E-state index contributed by atoms with van der Waals surface area (Å²) in [5, 5.41) is 0. The minimum Gasteiger partial charge on any atom is -0.457 e. The fourth-order valence-corrected chi connectivity index (χ4v) is 6.22. The highest BCUT2D eigenvalue weighted by atomic mass is 32.2. The molecule has 27 heavy (non-hydrogen) atoms. The van der Waals surface area contributed by atoms with Crippen molar-refractivity contribution >= 4 is 50.1 Å². The standard InChI is InChI=1S/C18H14FNO4S3/c19-14-4-2-1-3-13(14)15-6-5-12(24-15)9-16-17(21)20(18(25)26-16)11-7-8-27(22,23)10-11/h1-6,9,11H,7-8,10H2. The van der Waals surface area contributed by atoms with Gasteiger partial charge in [0.1, 0.15) is 21.7 Å². The van der Waals surface area contributed by atoms with Crippen LogP contribution in [0.15, 0.2) is 45.7 Å². The molecule has 2 saturated heterocycles. The Morgan fingerprint density at radius 2 is 2.04 bits per heavy atom. The van der Waals surface area contributed by atoms with Crippen molar-refractivity contribution in [3.8, 4) is 11.3 Å². The third kappa shape index (κ3) is 3.59. The highest BCUT2D eigenvalue weighted by molar-refractivity contribution is 8.26. The number of rotatable bonds is 3. The largest absolute Gasteiger partial charge is 0.457 e. The van der Waals surface area contributed by atoms with Crippen LogP contribution in [0.3, 0.4) is 0 Å². The molecule has 0 N–H and O–H groups in total. The van der Waals surface area contributed by atoms with Gasteiger partial charge in [-0.2, -0.15) is 0 Å². The van der Waals surface area contributed by atoms with E-state index < -0.39 is 21.7 Å². The van der Waals surface area contributed by atoms with E-state index in [2.05, 4.69) is 0 Å². The van der Waals surface area contributed by atoms with Crippen LogP contribution in [-0.2, 0) is 14.6 Å². The molecule has 0 saturated carbocycles. The summed E-state index contributed by atoms with van der Waals surface area (Å²) in [6.07, 6.45) is 1.94. The normalized spacial score (nSPS) is 23.5. The van der Waals surface area contributed by atoms with Crippen LogP contribution in [0.5, 0.6) is 0 Å². The van der Waals surface area contributed by atoms with Gasteiger partial charge >= 0.3 is 0 Å². The van der Waals surface area contributed by atoms with Gasteiger partial charge < -0.3 is 4.42 Å². The van der Waals surface area contributed by atoms with E-state index in [9.17, 15) is 17.6 Å². The van der Waals surface area contributed by atoms with E-state index in [1.54, 1.807) is 36.4 Å². The van der Waals surface area contributed by atoms with Gasteiger partial charge in [0.25, 0.3) is 5.91 Å². The fourth-order valence-electron chi connectivity index (χ4n) is 3.14. The fraction of sp³-hybridized carbons (Fsp3) is 0.222. The highest BCUT2D eigenvalue weighted by Crippen LogP contribution is 2.37. The number of carbonyl (C=O) groups excluding carboxylic acids is 1. The first-order valence-corrected chi connectivity index (χ1v) is 11.2. The van der Waals surface area contributed by atoms with Crippen LogP contribution < -0.4 is 0 Å². The molecular formula is C18H14FNO4S3. The van der Waals surface area contributed by atoms with Crippen LogP contribution in [0.4, 0.5) is 4.39 Å². The predicted octanol–water partition coefficient (Wildman–Crippen LogP) is 3.47. The number of furan rings is 1. The van der Waals surface area contributed by atoms with E-state index in [0.29, 0.717) is 32.7 Å². The Hall–Kier alpha value is -1.97. The molecule has 1 aromatic heterocycles. The number of hydrogen-bond acceptors (Lipinski definition) is 6. The lowest BCUT2D eigenvalue weighted by atomic mass is 10.1. The van der Waals surface area contributed by atoms with Gasteiger partial charge in [-0.15, -0.1) is 0 Å². The molecular weight excluding hydrogens is 409 g/mol. The third-order valence-electron chi connectivity index (χ3n) is 4.44. The van der Waals surface area contributed by atoms with Crippen LogP contribution >= 0.6 is 24.0 Å². The number of benzene rings is 1. The molecule has 0 radical (unpaired) electrons. The average Bonchev–Trinajstić information content (AvgIpc) is 3.27. The van der Waals surface area contributed by atoms with E-state index in [4.69, 9.17) is 16.6 Å². The Labute approximate surface area is 165 Å². The second-order valence-corrected chi connectivity index (χ2v) is 10.2. The van der Waals surface area contributed by atoms with Crippen molar-refractivity contribution < 1.29 is 22.0 Å². The van der Waals surface area contributed by atoms with Gasteiger partial charge in [0.05, 0.1) is 28.0 Å². The number of thiocarbonyl (C=S) groups is 1. The minimum atomic E-state index is -3.12.